The second-order valence-corrected chi connectivity index (χ2v) is 8.80. The molecule has 3 aromatic rings. The van der Waals surface area contributed by atoms with Crippen LogP contribution in [0.15, 0.2) is 50.5 Å². The molecule has 5 rings (SSSR count). The number of fused-ring (bicyclic) bond motifs is 2. The van der Waals surface area contributed by atoms with Gasteiger partial charge in [0.25, 0.3) is 15.8 Å². The zero-order chi connectivity index (χ0) is 19.4. The minimum absolute atomic E-state index is 0.0100. The second kappa shape index (κ2) is 6.03. The van der Waals surface area contributed by atoms with Gasteiger partial charge in [-0.2, -0.15) is 0 Å². The number of hydrogen-bond acceptors (Lipinski definition) is 6. The molecule has 1 spiro atoms. The van der Waals surface area contributed by atoms with Crippen LogP contribution in [0.3, 0.4) is 0 Å². The molecule has 146 valence electrons. The van der Waals surface area contributed by atoms with Crippen molar-refractivity contribution < 1.29 is 22.3 Å². The first-order chi connectivity index (χ1) is 13.4. The van der Waals surface area contributed by atoms with Crippen LogP contribution in [0.25, 0.3) is 11.1 Å². The summed E-state index contributed by atoms with van der Waals surface area (Å²) in [6, 6.07) is 9.17. The summed E-state index contributed by atoms with van der Waals surface area (Å²) in [6.45, 7) is 0. The number of oxazole rings is 1. The molecule has 1 aromatic heterocycles. The molecule has 0 atom stereocenters. The number of benzene rings is 2. The van der Waals surface area contributed by atoms with Gasteiger partial charge in [-0.3, -0.25) is 9.71 Å². The van der Waals surface area contributed by atoms with Crippen LogP contribution in [-0.2, 0) is 10.0 Å². The van der Waals surface area contributed by atoms with Crippen LogP contribution in [0.2, 0.25) is 0 Å². The normalized spacial score (nSPS) is 17.9. The topological polar surface area (TPSA) is 111 Å². The molecule has 2 aromatic carbocycles. The van der Waals surface area contributed by atoms with E-state index in [4.69, 9.17) is 13.9 Å². The lowest BCUT2D eigenvalue weighted by Gasteiger charge is -2.31. The summed E-state index contributed by atoms with van der Waals surface area (Å²) in [4.78, 5) is 13.7. The Morgan fingerprint density at radius 3 is 2.57 bits per heavy atom. The van der Waals surface area contributed by atoms with Gasteiger partial charge in [0.2, 0.25) is 0 Å². The van der Waals surface area contributed by atoms with E-state index in [0.29, 0.717) is 22.7 Å². The SMILES string of the molecule is O=c1[nH]c2ccc(S(=O)(=O)Nc3ccc4c(c3)OC3(CCCCC3)O4)cc2o1. The molecule has 9 heteroatoms. The van der Waals surface area contributed by atoms with Crippen molar-refractivity contribution in [3.63, 3.8) is 0 Å². The Morgan fingerprint density at radius 1 is 0.964 bits per heavy atom. The van der Waals surface area contributed by atoms with Crippen molar-refractivity contribution in [2.24, 2.45) is 0 Å². The molecule has 1 aliphatic carbocycles. The second-order valence-electron chi connectivity index (χ2n) is 7.11. The molecule has 0 amide bonds. The maximum atomic E-state index is 12.7. The number of ether oxygens (including phenoxy) is 2. The van der Waals surface area contributed by atoms with Crippen molar-refractivity contribution in [2.75, 3.05) is 4.72 Å². The number of rotatable bonds is 3. The molecule has 0 saturated heterocycles. The van der Waals surface area contributed by atoms with Gasteiger partial charge < -0.3 is 13.9 Å². The van der Waals surface area contributed by atoms with E-state index < -0.39 is 21.6 Å². The third-order valence-corrected chi connectivity index (χ3v) is 6.48. The lowest BCUT2D eigenvalue weighted by atomic mass is 9.94. The summed E-state index contributed by atoms with van der Waals surface area (Å²) in [5.74, 6) is -0.0888. The number of sulfonamides is 1. The molecule has 28 heavy (non-hydrogen) atoms. The number of anilines is 1. The van der Waals surface area contributed by atoms with Gasteiger partial charge in [-0.25, -0.2) is 13.2 Å². The van der Waals surface area contributed by atoms with Crippen molar-refractivity contribution >= 4 is 26.8 Å². The Labute approximate surface area is 160 Å². The van der Waals surface area contributed by atoms with Crippen LogP contribution in [0.1, 0.15) is 32.1 Å². The van der Waals surface area contributed by atoms with Crippen LogP contribution in [-0.4, -0.2) is 19.2 Å². The zero-order valence-electron chi connectivity index (χ0n) is 14.9. The fourth-order valence-corrected chi connectivity index (χ4v) is 4.82. The minimum Gasteiger partial charge on any atom is -0.448 e. The largest absolute Gasteiger partial charge is 0.448 e. The van der Waals surface area contributed by atoms with Crippen LogP contribution in [0.4, 0.5) is 5.69 Å². The van der Waals surface area contributed by atoms with E-state index in [2.05, 4.69) is 9.71 Å². The highest BCUT2D eigenvalue weighted by Gasteiger charge is 2.42. The molecule has 2 aliphatic rings. The summed E-state index contributed by atoms with van der Waals surface area (Å²) < 4.78 is 45.0. The number of aromatic amines is 1. The fourth-order valence-electron chi connectivity index (χ4n) is 3.76. The first-order valence-corrected chi connectivity index (χ1v) is 10.6. The fraction of sp³-hybridized carbons (Fsp3) is 0.316. The van der Waals surface area contributed by atoms with E-state index in [-0.39, 0.29) is 10.5 Å². The smallest absolute Gasteiger partial charge is 0.417 e. The van der Waals surface area contributed by atoms with Gasteiger partial charge in [0.1, 0.15) is 0 Å². The average molecular weight is 402 g/mol. The molecule has 0 radical (unpaired) electrons. The van der Waals surface area contributed by atoms with Crippen molar-refractivity contribution in [3.8, 4) is 11.5 Å². The monoisotopic (exact) mass is 402 g/mol. The summed E-state index contributed by atoms with van der Waals surface area (Å²) in [5.41, 5.74) is 0.980. The van der Waals surface area contributed by atoms with Gasteiger partial charge in [-0.1, -0.05) is 6.42 Å². The van der Waals surface area contributed by atoms with E-state index in [9.17, 15) is 13.2 Å². The Morgan fingerprint density at radius 2 is 1.75 bits per heavy atom. The first-order valence-electron chi connectivity index (χ1n) is 9.10. The van der Waals surface area contributed by atoms with Crippen LogP contribution in [0, 0.1) is 0 Å². The standard InChI is InChI=1S/C19H18N2O6S/c22-18-20-14-6-5-13(11-16(14)25-18)28(23,24)21-12-4-7-15-17(10-12)27-19(26-15)8-2-1-3-9-19/h4-7,10-11,21H,1-3,8-9H2,(H,20,22). The summed E-state index contributed by atoms with van der Waals surface area (Å²) in [6.07, 6.45) is 4.91. The Balaban J connectivity index is 1.41. The van der Waals surface area contributed by atoms with E-state index in [1.807, 2.05) is 0 Å². The molecule has 1 aliphatic heterocycles. The Bertz CT molecular complexity index is 1220. The predicted octanol–water partition coefficient (Wildman–Crippen LogP) is 3.35. The van der Waals surface area contributed by atoms with Gasteiger partial charge in [-0.05, 0) is 37.1 Å². The number of H-pyrrole nitrogens is 1. The summed E-state index contributed by atoms with van der Waals surface area (Å²) in [7, 11) is -3.87. The van der Waals surface area contributed by atoms with Crippen molar-refractivity contribution in [1.29, 1.82) is 0 Å². The van der Waals surface area contributed by atoms with Crippen molar-refractivity contribution in [1.82, 2.24) is 4.98 Å². The van der Waals surface area contributed by atoms with Crippen LogP contribution >= 0.6 is 0 Å². The summed E-state index contributed by atoms with van der Waals surface area (Å²) >= 11 is 0. The lowest BCUT2D eigenvalue weighted by molar-refractivity contribution is -0.105. The van der Waals surface area contributed by atoms with Gasteiger partial charge in [-0.15, -0.1) is 0 Å². The van der Waals surface area contributed by atoms with Crippen LogP contribution < -0.4 is 20.0 Å². The van der Waals surface area contributed by atoms with E-state index in [1.165, 1.54) is 24.6 Å². The molecule has 8 nitrogen and oxygen atoms in total. The molecule has 1 fully saturated rings. The quantitative estimate of drug-likeness (QED) is 0.695. The summed E-state index contributed by atoms with van der Waals surface area (Å²) in [5, 5.41) is 0. The Hall–Kier alpha value is -2.94. The highest BCUT2D eigenvalue weighted by molar-refractivity contribution is 7.92. The average Bonchev–Trinajstić information content (AvgIpc) is 3.19. The molecule has 2 N–H and O–H groups in total. The molecule has 1 saturated carbocycles. The van der Waals surface area contributed by atoms with Gasteiger partial charge in [0, 0.05) is 25.0 Å². The molecular weight excluding hydrogens is 384 g/mol. The highest BCUT2D eigenvalue weighted by atomic mass is 32.2. The molecule has 0 unspecified atom stereocenters. The van der Waals surface area contributed by atoms with Gasteiger partial charge >= 0.3 is 5.76 Å². The minimum atomic E-state index is -3.87. The first kappa shape index (κ1) is 17.2. The third-order valence-electron chi connectivity index (χ3n) is 5.11. The van der Waals surface area contributed by atoms with E-state index >= 15 is 0 Å². The molecule has 0 bridgehead atoms. The van der Waals surface area contributed by atoms with Crippen LogP contribution in [0.5, 0.6) is 11.5 Å². The maximum Gasteiger partial charge on any atom is 0.417 e. The van der Waals surface area contributed by atoms with Gasteiger partial charge in [0.15, 0.2) is 17.1 Å². The predicted molar refractivity (Wildman–Crippen MR) is 101 cm³/mol. The lowest BCUT2D eigenvalue weighted by Crippen LogP contribution is -2.40. The number of nitrogens with one attached hydrogen (secondary N) is 2. The van der Waals surface area contributed by atoms with Gasteiger partial charge in [0.05, 0.1) is 16.1 Å². The highest BCUT2D eigenvalue weighted by Crippen LogP contribution is 2.46. The van der Waals surface area contributed by atoms with E-state index in [1.54, 1.807) is 18.2 Å². The van der Waals surface area contributed by atoms with Crippen molar-refractivity contribution in [2.45, 2.75) is 42.8 Å². The maximum absolute atomic E-state index is 12.7. The Kier molecular flexibility index (Phi) is 3.70. The molecule has 2 heterocycles. The third kappa shape index (κ3) is 2.91. The molecular formula is C19H18N2O6S. The zero-order valence-corrected chi connectivity index (χ0v) is 15.7. The number of hydrogen-bond donors (Lipinski definition) is 2. The van der Waals surface area contributed by atoms with Crippen molar-refractivity contribution in [3.05, 3.63) is 46.9 Å². The van der Waals surface area contributed by atoms with E-state index in [0.717, 1.165) is 25.7 Å². The number of aromatic nitrogens is 1.